The van der Waals surface area contributed by atoms with Gasteiger partial charge in [-0.05, 0) is 11.8 Å². The van der Waals surface area contributed by atoms with Crippen LogP contribution in [0.15, 0.2) is 11.1 Å². The van der Waals surface area contributed by atoms with Crippen molar-refractivity contribution in [3.63, 3.8) is 0 Å². The van der Waals surface area contributed by atoms with Crippen molar-refractivity contribution in [2.75, 3.05) is 7.05 Å². The molecule has 1 heterocycles. The summed E-state index contributed by atoms with van der Waals surface area (Å²) in [6.07, 6.45) is 0.745. The Bertz CT molecular complexity index is 698. The van der Waals surface area contributed by atoms with Crippen LogP contribution in [0.2, 0.25) is 0 Å². The molecular formula is C8H10ClN5O6S. The summed E-state index contributed by atoms with van der Waals surface area (Å²) in [7, 11) is 1.94. The van der Waals surface area contributed by atoms with Crippen molar-refractivity contribution in [1.29, 1.82) is 0 Å². The van der Waals surface area contributed by atoms with E-state index >= 15 is 0 Å². The minimum absolute atomic E-state index is 0.728. The number of nitrogens with zero attached hydrogens (tertiary/aromatic N) is 3. The molecule has 13 heteroatoms. The fourth-order valence-electron chi connectivity index (χ4n) is 1.26. The molecule has 0 aliphatic rings. The van der Waals surface area contributed by atoms with Crippen molar-refractivity contribution < 1.29 is 22.9 Å². The van der Waals surface area contributed by atoms with Crippen LogP contribution in [0.4, 0.5) is 10.6 Å². The maximum absolute atomic E-state index is 11.7. The topological polar surface area (TPSA) is 153 Å². The Morgan fingerprint density at radius 1 is 1.52 bits per heavy atom. The summed E-state index contributed by atoms with van der Waals surface area (Å²) in [4.78, 5) is 31.5. The predicted molar refractivity (Wildman–Crippen MR) is 69.2 cm³/mol. The van der Waals surface area contributed by atoms with E-state index in [1.807, 2.05) is 5.32 Å². The molecule has 1 atom stereocenters. The van der Waals surface area contributed by atoms with Crippen molar-refractivity contribution in [3.05, 3.63) is 16.3 Å². The van der Waals surface area contributed by atoms with Gasteiger partial charge in [-0.15, -0.1) is 0 Å². The van der Waals surface area contributed by atoms with E-state index in [1.54, 1.807) is 0 Å². The molecule has 1 aromatic rings. The van der Waals surface area contributed by atoms with Crippen molar-refractivity contribution in [2.24, 2.45) is 0 Å². The molecule has 3 amide bonds. The second kappa shape index (κ2) is 6.05. The van der Waals surface area contributed by atoms with Crippen molar-refractivity contribution in [3.8, 4) is 0 Å². The van der Waals surface area contributed by atoms with Crippen LogP contribution in [0.1, 0.15) is 13.0 Å². The Balaban J connectivity index is 3.18. The predicted octanol–water partition coefficient (Wildman–Crippen LogP) is -0.265. The molecule has 0 saturated carbocycles. The molecule has 0 spiro atoms. The largest absolute Gasteiger partial charge is 0.410 e. The summed E-state index contributed by atoms with van der Waals surface area (Å²) in [6.45, 7) is 1.26. The van der Waals surface area contributed by atoms with E-state index in [2.05, 4.69) is 10.4 Å². The van der Waals surface area contributed by atoms with Gasteiger partial charge >= 0.3 is 11.8 Å². The average Bonchev–Trinajstić information content (AvgIpc) is 2.82. The fourth-order valence-corrected chi connectivity index (χ4v) is 2.16. The van der Waals surface area contributed by atoms with Gasteiger partial charge in [-0.3, -0.25) is 10.1 Å². The molecule has 0 aromatic carbocycles. The van der Waals surface area contributed by atoms with Crippen molar-refractivity contribution >= 4 is 37.5 Å². The van der Waals surface area contributed by atoms with Gasteiger partial charge in [0.1, 0.15) is 6.04 Å². The maximum Gasteiger partial charge on any atom is 0.410 e. The lowest BCUT2D eigenvalue weighted by Crippen LogP contribution is -2.40. The van der Waals surface area contributed by atoms with Gasteiger partial charge in [-0.2, -0.15) is 4.68 Å². The number of nitrogens with one attached hydrogen (secondary N) is 2. The van der Waals surface area contributed by atoms with Crippen LogP contribution in [0.5, 0.6) is 0 Å². The van der Waals surface area contributed by atoms with Gasteiger partial charge in [0.15, 0.2) is 0 Å². The van der Waals surface area contributed by atoms with Crippen LogP contribution in [0, 0.1) is 10.1 Å². The van der Waals surface area contributed by atoms with Crippen LogP contribution < -0.4 is 10.6 Å². The summed E-state index contributed by atoms with van der Waals surface area (Å²) in [5, 5.41) is 18.2. The number of aromatic nitrogens is 2. The molecule has 0 radical (unpaired) electrons. The molecule has 0 aliphatic carbocycles. The van der Waals surface area contributed by atoms with E-state index in [0.29, 0.717) is 0 Å². The summed E-state index contributed by atoms with van der Waals surface area (Å²) < 4.78 is 23.2. The Morgan fingerprint density at radius 2 is 2.10 bits per heavy atom. The van der Waals surface area contributed by atoms with Crippen LogP contribution in [0.3, 0.4) is 0 Å². The summed E-state index contributed by atoms with van der Waals surface area (Å²) in [5.41, 5.74) is 0. The Hall–Kier alpha value is -2.21. The van der Waals surface area contributed by atoms with E-state index < -0.39 is 42.7 Å². The van der Waals surface area contributed by atoms with Crippen LogP contribution in [-0.2, 0) is 13.8 Å². The van der Waals surface area contributed by atoms with Crippen molar-refractivity contribution in [1.82, 2.24) is 20.4 Å². The van der Waals surface area contributed by atoms with Gasteiger partial charge < -0.3 is 15.4 Å². The first-order valence-electron chi connectivity index (χ1n) is 5.28. The molecular weight excluding hydrogens is 330 g/mol. The van der Waals surface area contributed by atoms with Crippen molar-refractivity contribution in [2.45, 2.75) is 17.9 Å². The summed E-state index contributed by atoms with van der Waals surface area (Å²) in [6, 6.07) is -1.97. The average molecular weight is 340 g/mol. The normalized spacial score (nSPS) is 12.5. The smallest absolute Gasteiger partial charge is 0.358 e. The molecule has 1 aromatic heterocycles. The molecule has 1 unspecified atom stereocenters. The molecule has 1 rings (SSSR count). The highest BCUT2D eigenvalue weighted by Gasteiger charge is 2.33. The zero-order valence-electron chi connectivity index (χ0n) is 10.7. The first-order chi connectivity index (χ1) is 9.57. The Kier molecular flexibility index (Phi) is 4.85. The second-order valence-corrected chi connectivity index (χ2v) is 6.27. The standard InChI is InChI=1S/C8H10ClN5O6S/c1-4(7(15)11-8(16)10-2)13-3-5(21(9,19)20)6(12-13)14(17)18/h3-4H,1-2H3,(H2,10,11,15,16). The lowest BCUT2D eigenvalue weighted by atomic mass is 10.3. The number of halogens is 1. The number of hydrogen-bond acceptors (Lipinski definition) is 7. The highest BCUT2D eigenvalue weighted by molar-refractivity contribution is 8.13. The first-order valence-corrected chi connectivity index (χ1v) is 7.59. The number of nitro groups is 1. The number of hydrogen-bond donors (Lipinski definition) is 2. The molecule has 0 saturated heterocycles. The number of urea groups is 1. The van der Waals surface area contributed by atoms with E-state index in [-0.39, 0.29) is 0 Å². The van der Waals surface area contributed by atoms with Gasteiger partial charge in [0.2, 0.25) is 4.90 Å². The lowest BCUT2D eigenvalue weighted by Gasteiger charge is -2.08. The van der Waals surface area contributed by atoms with E-state index in [4.69, 9.17) is 10.7 Å². The van der Waals surface area contributed by atoms with Crippen LogP contribution in [-0.4, -0.2) is 42.1 Å². The Labute approximate surface area is 122 Å². The highest BCUT2D eigenvalue weighted by atomic mass is 35.7. The number of carbonyl (C=O) groups is 2. The summed E-state index contributed by atoms with van der Waals surface area (Å²) in [5.74, 6) is -1.85. The van der Waals surface area contributed by atoms with Gasteiger partial charge in [0, 0.05) is 17.7 Å². The SMILES string of the molecule is CNC(=O)NC(=O)C(C)n1cc(S(=O)(=O)Cl)c([N+](=O)[O-])n1. The maximum atomic E-state index is 11.7. The van der Waals surface area contributed by atoms with Crippen LogP contribution >= 0.6 is 10.7 Å². The highest BCUT2D eigenvalue weighted by Crippen LogP contribution is 2.26. The summed E-state index contributed by atoms with van der Waals surface area (Å²) >= 11 is 0. The minimum atomic E-state index is -4.41. The minimum Gasteiger partial charge on any atom is -0.358 e. The molecule has 2 N–H and O–H groups in total. The van der Waals surface area contributed by atoms with E-state index in [0.717, 1.165) is 10.9 Å². The van der Waals surface area contributed by atoms with Gasteiger partial charge in [0.05, 0.1) is 11.3 Å². The van der Waals surface area contributed by atoms with Crippen LogP contribution in [0.25, 0.3) is 0 Å². The second-order valence-electron chi connectivity index (χ2n) is 3.74. The third-order valence-electron chi connectivity index (χ3n) is 2.36. The third kappa shape index (κ3) is 3.88. The van der Waals surface area contributed by atoms with Gasteiger partial charge in [-0.25, -0.2) is 13.2 Å². The molecule has 0 bridgehead atoms. The van der Waals surface area contributed by atoms with E-state index in [9.17, 15) is 28.1 Å². The lowest BCUT2D eigenvalue weighted by molar-refractivity contribution is -0.392. The van der Waals surface area contributed by atoms with Gasteiger partial charge in [-0.1, -0.05) is 0 Å². The number of carbonyl (C=O) groups excluding carboxylic acids is 2. The molecule has 0 aliphatic heterocycles. The van der Waals surface area contributed by atoms with Gasteiger partial charge in [0.25, 0.3) is 15.0 Å². The molecule has 11 nitrogen and oxygen atoms in total. The zero-order chi connectivity index (χ0) is 16.4. The first kappa shape index (κ1) is 16.8. The number of rotatable bonds is 4. The number of amides is 3. The Morgan fingerprint density at radius 3 is 2.48 bits per heavy atom. The van der Waals surface area contributed by atoms with E-state index in [1.165, 1.54) is 14.0 Å². The number of imide groups is 1. The molecule has 21 heavy (non-hydrogen) atoms. The zero-order valence-corrected chi connectivity index (χ0v) is 12.3. The molecule has 0 fully saturated rings. The monoisotopic (exact) mass is 339 g/mol. The quantitative estimate of drug-likeness (QED) is 0.435. The molecule has 116 valence electrons. The third-order valence-corrected chi connectivity index (χ3v) is 3.67. The fraction of sp³-hybridized carbons (Fsp3) is 0.375.